The Labute approximate surface area is 125 Å². The molecule has 2 aromatic rings. The van der Waals surface area contributed by atoms with Crippen molar-refractivity contribution in [3.8, 4) is 6.07 Å². The summed E-state index contributed by atoms with van der Waals surface area (Å²) in [7, 11) is 0. The number of rotatable bonds is 3. The van der Waals surface area contributed by atoms with Gasteiger partial charge in [-0.1, -0.05) is 28.1 Å². The fraction of sp³-hybridized carbons (Fsp3) is 0.188. The average Bonchev–Trinajstić information content (AvgIpc) is 2.43. The maximum Gasteiger partial charge on any atom is 0.123 e. The molecule has 0 bridgehead atoms. The van der Waals surface area contributed by atoms with Crippen LogP contribution in [0.15, 0.2) is 46.9 Å². The predicted octanol–water partition coefficient (Wildman–Crippen LogP) is 3.91. The van der Waals surface area contributed by atoms with Crippen LogP contribution in [-0.2, 0) is 12.0 Å². The number of benzene rings is 2. The lowest BCUT2D eigenvalue weighted by Crippen LogP contribution is -2.24. The van der Waals surface area contributed by atoms with Gasteiger partial charge in [0.25, 0.3) is 0 Å². The summed E-state index contributed by atoms with van der Waals surface area (Å²) in [5.41, 5.74) is 0.785. The molecule has 0 saturated heterocycles. The second-order valence-corrected chi connectivity index (χ2v) is 5.73. The highest BCUT2D eigenvalue weighted by molar-refractivity contribution is 9.10. The molecular weight excluding hydrogens is 321 g/mol. The Morgan fingerprint density at radius 3 is 2.50 bits per heavy atom. The second-order valence-electron chi connectivity index (χ2n) is 4.88. The van der Waals surface area contributed by atoms with E-state index in [0.29, 0.717) is 16.7 Å². The molecule has 2 aromatic carbocycles. The van der Waals surface area contributed by atoms with Gasteiger partial charge >= 0.3 is 0 Å². The van der Waals surface area contributed by atoms with Gasteiger partial charge in [-0.2, -0.15) is 5.26 Å². The van der Waals surface area contributed by atoms with Crippen molar-refractivity contribution < 1.29 is 9.50 Å². The number of hydrogen-bond donors (Lipinski definition) is 1. The Hall–Kier alpha value is -1.70. The van der Waals surface area contributed by atoms with Crippen molar-refractivity contribution in [2.75, 3.05) is 0 Å². The van der Waals surface area contributed by atoms with Crippen LogP contribution in [0.1, 0.15) is 23.6 Å². The van der Waals surface area contributed by atoms with Gasteiger partial charge in [0.1, 0.15) is 5.82 Å². The molecule has 0 aliphatic heterocycles. The van der Waals surface area contributed by atoms with Crippen LogP contribution in [0.5, 0.6) is 0 Å². The van der Waals surface area contributed by atoms with E-state index in [-0.39, 0.29) is 12.2 Å². The summed E-state index contributed by atoms with van der Waals surface area (Å²) in [4.78, 5) is 0. The first-order valence-corrected chi connectivity index (χ1v) is 6.88. The monoisotopic (exact) mass is 333 g/mol. The van der Waals surface area contributed by atoms with Gasteiger partial charge in [0, 0.05) is 10.9 Å². The van der Waals surface area contributed by atoms with E-state index in [9.17, 15) is 9.50 Å². The van der Waals surface area contributed by atoms with Crippen molar-refractivity contribution in [1.29, 1.82) is 5.26 Å². The van der Waals surface area contributed by atoms with Crippen LogP contribution in [0.4, 0.5) is 4.39 Å². The molecule has 2 rings (SSSR count). The van der Waals surface area contributed by atoms with Crippen LogP contribution in [0.2, 0.25) is 0 Å². The third-order valence-electron chi connectivity index (χ3n) is 3.18. The zero-order valence-corrected chi connectivity index (χ0v) is 12.5. The fourth-order valence-corrected chi connectivity index (χ4v) is 2.44. The van der Waals surface area contributed by atoms with E-state index >= 15 is 0 Å². The van der Waals surface area contributed by atoms with Gasteiger partial charge in [-0.3, -0.25) is 0 Å². The van der Waals surface area contributed by atoms with E-state index in [1.54, 1.807) is 37.3 Å². The number of halogens is 2. The van der Waals surface area contributed by atoms with Gasteiger partial charge in [0.05, 0.1) is 17.2 Å². The quantitative estimate of drug-likeness (QED) is 0.925. The molecule has 0 aromatic heterocycles. The van der Waals surface area contributed by atoms with E-state index in [0.717, 1.165) is 4.47 Å². The second kappa shape index (κ2) is 5.74. The Morgan fingerprint density at radius 2 is 1.90 bits per heavy atom. The van der Waals surface area contributed by atoms with Gasteiger partial charge < -0.3 is 5.11 Å². The molecule has 102 valence electrons. The minimum atomic E-state index is -1.13. The first-order chi connectivity index (χ1) is 9.42. The molecule has 1 atom stereocenters. The summed E-state index contributed by atoms with van der Waals surface area (Å²) in [6.45, 7) is 1.67. The molecular formula is C16H13BrFNO. The van der Waals surface area contributed by atoms with Crippen molar-refractivity contribution in [1.82, 2.24) is 0 Å². The molecule has 0 radical (unpaired) electrons. The summed E-state index contributed by atoms with van der Waals surface area (Å²) in [6.07, 6.45) is 0.275. The number of nitriles is 1. The smallest absolute Gasteiger partial charge is 0.123 e. The van der Waals surface area contributed by atoms with Gasteiger partial charge in [0.15, 0.2) is 0 Å². The first kappa shape index (κ1) is 14.7. The number of nitrogens with zero attached hydrogens (tertiary/aromatic N) is 1. The molecule has 0 spiro atoms. The van der Waals surface area contributed by atoms with Crippen LogP contribution >= 0.6 is 15.9 Å². The maximum absolute atomic E-state index is 13.3. The minimum absolute atomic E-state index is 0.275. The summed E-state index contributed by atoms with van der Waals surface area (Å²) in [6, 6.07) is 13.2. The highest BCUT2D eigenvalue weighted by Gasteiger charge is 2.24. The Kier molecular flexibility index (Phi) is 4.22. The van der Waals surface area contributed by atoms with Gasteiger partial charge in [-0.25, -0.2) is 4.39 Å². The van der Waals surface area contributed by atoms with Gasteiger partial charge in [0.2, 0.25) is 0 Å². The van der Waals surface area contributed by atoms with Crippen molar-refractivity contribution in [3.63, 3.8) is 0 Å². The Balaban J connectivity index is 2.30. The maximum atomic E-state index is 13.3. The fourth-order valence-electron chi connectivity index (χ4n) is 2.06. The third-order valence-corrected chi connectivity index (χ3v) is 3.95. The number of hydrogen-bond acceptors (Lipinski definition) is 2. The molecule has 0 aliphatic rings. The highest BCUT2D eigenvalue weighted by atomic mass is 79.9. The normalized spacial score (nSPS) is 13.6. The Bertz CT molecular complexity index is 659. The van der Waals surface area contributed by atoms with E-state index in [1.165, 1.54) is 12.1 Å². The van der Waals surface area contributed by atoms with E-state index < -0.39 is 5.60 Å². The van der Waals surface area contributed by atoms with Crippen LogP contribution in [0, 0.1) is 17.1 Å². The lowest BCUT2D eigenvalue weighted by molar-refractivity contribution is 0.0574. The van der Waals surface area contributed by atoms with E-state index in [1.807, 2.05) is 6.07 Å². The lowest BCUT2D eigenvalue weighted by Gasteiger charge is -2.24. The molecule has 0 saturated carbocycles. The zero-order chi connectivity index (χ0) is 14.8. The van der Waals surface area contributed by atoms with Crippen molar-refractivity contribution in [2.24, 2.45) is 0 Å². The molecule has 4 heteroatoms. The Morgan fingerprint density at radius 1 is 1.25 bits per heavy atom. The summed E-state index contributed by atoms with van der Waals surface area (Å²) in [5.74, 6) is -0.334. The topological polar surface area (TPSA) is 44.0 Å². The van der Waals surface area contributed by atoms with Crippen LogP contribution in [0.3, 0.4) is 0 Å². The summed E-state index contributed by atoms with van der Waals surface area (Å²) >= 11 is 3.36. The van der Waals surface area contributed by atoms with Crippen LogP contribution < -0.4 is 0 Å². The van der Waals surface area contributed by atoms with Crippen LogP contribution in [0.25, 0.3) is 0 Å². The van der Waals surface area contributed by atoms with E-state index in [2.05, 4.69) is 15.9 Å². The molecule has 1 N–H and O–H groups in total. The minimum Gasteiger partial charge on any atom is -0.385 e. The molecule has 1 unspecified atom stereocenters. The van der Waals surface area contributed by atoms with Crippen molar-refractivity contribution in [2.45, 2.75) is 18.9 Å². The highest BCUT2D eigenvalue weighted by Crippen LogP contribution is 2.29. The molecule has 2 nitrogen and oxygen atoms in total. The number of aliphatic hydroxyl groups is 1. The largest absolute Gasteiger partial charge is 0.385 e. The lowest BCUT2D eigenvalue weighted by atomic mass is 9.88. The van der Waals surface area contributed by atoms with Gasteiger partial charge in [-0.15, -0.1) is 0 Å². The first-order valence-electron chi connectivity index (χ1n) is 6.09. The zero-order valence-electron chi connectivity index (χ0n) is 10.9. The van der Waals surface area contributed by atoms with Crippen LogP contribution in [-0.4, -0.2) is 5.11 Å². The summed E-state index contributed by atoms with van der Waals surface area (Å²) < 4.78 is 14.0. The van der Waals surface area contributed by atoms with Gasteiger partial charge in [-0.05, 0) is 48.4 Å². The average molecular weight is 334 g/mol. The van der Waals surface area contributed by atoms with Crippen molar-refractivity contribution >= 4 is 15.9 Å². The van der Waals surface area contributed by atoms with E-state index in [4.69, 9.17) is 5.26 Å². The molecule has 0 amide bonds. The molecule has 0 heterocycles. The molecule has 0 fully saturated rings. The molecule has 20 heavy (non-hydrogen) atoms. The summed E-state index contributed by atoms with van der Waals surface area (Å²) in [5, 5.41) is 19.4. The predicted molar refractivity (Wildman–Crippen MR) is 78.5 cm³/mol. The SMILES string of the molecule is CC(O)(Cc1cc(F)ccc1Br)c1ccc(C#N)cc1. The standard InChI is InChI=1S/C16H13BrFNO/c1-16(20,13-4-2-11(10-19)3-5-13)9-12-8-14(18)6-7-15(12)17/h2-8,20H,9H2,1H3. The molecule has 0 aliphatic carbocycles. The van der Waals surface area contributed by atoms with Crippen molar-refractivity contribution in [3.05, 3.63) is 69.4 Å². The third kappa shape index (κ3) is 3.24.